The number of fused-ring (bicyclic) bond motifs is 8. The predicted octanol–water partition coefficient (Wildman–Crippen LogP) is 4.31. The number of amides is 4. The van der Waals surface area contributed by atoms with E-state index < -0.39 is 86.9 Å². The second-order valence-electron chi connectivity index (χ2n) is 16.3. The molecule has 7 rings (SSSR count). The number of carbonyl (C=O) groups is 4. The summed E-state index contributed by atoms with van der Waals surface area (Å²) >= 11 is 0. The molecule has 3 heterocycles. The molecule has 1 unspecified atom stereocenters. The summed E-state index contributed by atoms with van der Waals surface area (Å²) < 4.78 is 61.2. The van der Waals surface area contributed by atoms with Crippen molar-refractivity contribution in [2.45, 2.75) is 88.7 Å². The van der Waals surface area contributed by atoms with Gasteiger partial charge in [0.1, 0.15) is 29.0 Å². The maximum atomic E-state index is 14.6. The lowest BCUT2D eigenvalue weighted by Crippen LogP contribution is -2.60. The smallest absolute Gasteiger partial charge is 0.407 e. The highest BCUT2D eigenvalue weighted by Gasteiger charge is 2.67. The van der Waals surface area contributed by atoms with Crippen LogP contribution >= 0.6 is 0 Å². The number of nitrogens with zero attached hydrogens (tertiary/aromatic N) is 4. The second-order valence-corrected chi connectivity index (χ2v) is 18.2. The Morgan fingerprint density at radius 3 is 2.34 bits per heavy atom. The van der Waals surface area contributed by atoms with E-state index in [9.17, 15) is 36.4 Å². The minimum Gasteiger partial charge on any atom is -0.449 e. The SMILES string of the molecule is C[C@@H]1/C=C/c2cccc(c2)-c2nn(nc2-c2ccccc2)C2C[C@@H](C(=O)N[C@@]3(C(=O)NS(=O)(=O)C4CC4)C[C@H]3C(F)F)N(C2)C(=O)[C@H](C(C)(C)C)NC(=O)OC1. The molecule has 3 aromatic rings. The van der Waals surface area contributed by atoms with E-state index in [0.717, 1.165) is 16.7 Å². The van der Waals surface area contributed by atoms with Gasteiger partial charge in [0.05, 0.1) is 23.8 Å². The number of benzene rings is 2. The zero-order chi connectivity index (χ0) is 40.2. The molecule has 6 atom stereocenters. The van der Waals surface area contributed by atoms with Crippen LogP contribution < -0.4 is 15.4 Å². The van der Waals surface area contributed by atoms with Gasteiger partial charge < -0.3 is 20.3 Å². The summed E-state index contributed by atoms with van der Waals surface area (Å²) in [4.78, 5) is 58.3. The van der Waals surface area contributed by atoms with Gasteiger partial charge in [-0.05, 0) is 36.3 Å². The van der Waals surface area contributed by atoms with Crippen LogP contribution in [-0.4, -0.2) is 94.6 Å². The van der Waals surface area contributed by atoms with Crippen LogP contribution in [0.1, 0.15) is 65.0 Å². The topological polar surface area (TPSA) is 182 Å². The van der Waals surface area contributed by atoms with E-state index in [4.69, 9.17) is 14.9 Å². The van der Waals surface area contributed by atoms with Gasteiger partial charge >= 0.3 is 6.09 Å². The van der Waals surface area contributed by atoms with Gasteiger partial charge in [-0.1, -0.05) is 88.4 Å². The highest BCUT2D eigenvalue weighted by atomic mass is 32.2. The van der Waals surface area contributed by atoms with Gasteiger partial charge in [-0.25, -0.2) is 22.0 Å². The summed E-state index contributed by atoms with van der Waals surface area (Å²) in [6.45, 7) is 6.94. The zero-order valence-electron chi connectivity index (χ0n) is 31.4. The van der Waals surface area contributed by atoms with E-state index in [1.165, 1.54) is 9.70 Å². The van der Waals surface area contributed by atoms with Crippen molar-refractivity contribution < 1.29 is 41.1 Å². The monoisotopic (exact) mass is 793 g/mol. The zero-order valence-corrected chi connectivity index (χ0v) is 32.3. The number of alkyl halides is 2. The standard InChI is InChI=1S/C39H45F2N7O7S/c1-22-13-14-23-9-8-12-25(17-23)31-30(24-10-6-5-7-11-24)44-48(45-31)26-18-29(47(20-26)35(50)32(38(2,3)4)42-37(52)55-21-22)34(49)43-39(19-28(39)33(40)41)36(51)46-56(53,54)27-15-16-27/h5-14,17,22,26-29,32-33H,15-16,18-21H2,1-4H3,(H,42,52)(H,43,49)(H,46,51)/b14-13+/t22-,26?,28+,29+,32-,39+/m1/s1. The van der Waals surface area contributed by atoms with Crippen molar-refractivity contribution in [2.75, 3.05) is 13.2 Å². The Morgan fingerprint density at radius 1 is 1.02 bits per heavy atom. The maximum Gasteiger partial charge on any atom is 0.407 e. The van der Waals surface area contributed by atoms with E-state index in [1.807, 2.05) is 78.4 Å². The van der Waals surface area contributed by atoms with Gasteiger partial charge in [0.25, 0.3) is 5.91 Å². The summed E-state index contributed by atoms with van der Waals surface area (Å²) in [6.07, 6.45) is -0.0254. The molecule has 2 aliphatic heterocycles. The fourth-order valence-corrected chi connectivity index (χ4v) is 8.65. The lowest BCUT2D eigenvalue weighted by atomic mass is 9.85. The minimum atomic E-state index is -4.13. The molecule has 56 heavy (non-hydrogen) atoms. The normalized spacial score (nSPS) is 27.4. The third-order valence-electron chi connectivity index (χ3n) is 10.8. The van der Waals surface area contributed by atoms with Crippen LogP contribution in [0.25, 0.3) is 28.6 Å². The van der Waals surface area contributed by atoms with Gasteiger partial charge in [0, 0.05) is 30.0 Å². The highest BCUT2D eigenvalue weighted by Crippen LogP contribution is 2.49. The van der Waals surface area contributed by atoms with Gasteiger partial charge in [-0.3, -0.25) is 19.1 Å². The second kappa shape index (κ2) is 14.7. The summed E-state index contributed by atoms with van der Waals surface area (Å²) in [5.41, 5.74) is 0.337. The first-order chi connectivity index (χ1) is 26.5. The summed E-state index contributed by atoms with van der Waals surface area (Å²) in [7, 11) is -4.13. The molecule has 298 valence electrons. The van der Waals surface area contributed by atoms with Crippen molar-refractivity contribution in [1.29, 1.82) is 0 Å². The molecule has 6 bridgehead atoms. The lowest BCUT2D eigenvalue weighted by Gasteiger charge is -2.35. The summed E-state index contributed by atoms with van der Waals surface area (Å²) in [5, 5.41) is 14.1. The first-order valence-electron chi connectivity index (χ1n) is 18.7. The van der Waals surface area contributed by atoms with E-state index in [-0.39, 0.29) is 25.5 Å². The molecule has 1 aromatic heterocycles. The van der Waals surface area contributed by atoms with Crippen molar-refractivity contribution >= 4 is 39.9 Å². The number of carbonyl (C=O) groups excluding carboxylic acids is 4. The minimum absolute atomic E-state index is 0.00228. The number of aromatic nitrogens is 3. The van der Waals surface area contributed by atoms with Gasteiger partial charge in [-0.2, -0.15) is 15.0 Å². The number of nitrogens with one attached hydrogen (secondary N) is 3. The van der Waals surface area contributed by atoms with E-state index in [2.05, 4.69) is 10.6 Å². The summed E-state index contributed by atoms with van der Waals surface area (Å²) in [5.74, 6) is -4.71. The van der Waals surface area contributed by atoms with Crippen LogP contribution in [-0.2, 0) is 29.1 Å². The van der Waals surface area contributed by atoms with E-state index in [1.54, 1.807) is 20.8 Å². The average molecular weight is 794 g/mol. The molecule has 3 fully saturated rings. The Kier molecular flexibility index (Phi) is 10.3. The molecule has 3 N–H and O–H groups in total. The molecule has 17 heteroatoms. The third kappa shape index (κ3) is 7.90. The number of halogens is 2. The van der Waals surface area contributed by atoms with Crippen LogP contribution in [0.3, 0.4) is 0 Å². The van der Waals surface area contributed by atoms with Gasteiger partial charge in [0.2, 0.25) is 28.3 Å². The van der Waals surface area contributed by atoms with Crippen LogP contribution in [0.15, 0.2) is 60.7 Å². The average Bonchev–Trinajstić information content (AvgIpc) is 4.05. The molecule has 4 aliphatic rings. The number of hydrogen-bond acceptors (Lipinski definition) is 9. The quantitative estimate of drug-likeness (QED) is 0.314. The van der Waals surface area contributed by atoms with Crippen LogP contribution in [0.2, 0.25) is 0 Å². The first-order valence-corrected chi connectivity index (χ1v) is 20.2. The van der Waals surface area contributed by atoms with Crippen LogP contribution in [0.5, 0.6) is 0 Å². The highest BCUT2D eigenvalue weighted by molar-refractivity contribution is 7.91. The molecular weight excluding hydrogens is 749 g/mol. The van der Waals surface area contributed by atoms with Gasteiger partial charge in [-0.15, -0.1) is 0 Å². The number of sulfonamides is 1. The number of hydrogen-bond donors (Lipinski definition) is 3. The fourth-order valence-electron chi connectivity index (χ4n) is 7.28. The van der Waals surface area contributed by atoms with Gasteiger partial charge in [0.15, 0.2) is 0 Å². The summed E-state index contributed by atoms with van der Waals surface area (Å²) in [6, 6.07) is 13.7. The molecule has 1 saturated heterocycles. The number of ether oxygens (including phenoxy) is 1. The van der Waals surface area contributed by atoms with Crippen molar-refractivity contribution in [3.8, 4) is 22.5 Å². The van der Waals surface area contributed by atoms with Crippen molar-refractivity contribution in [2.24, 2.45) is 17.3 Å². The third-order valence-corrected chi connectivity index (χ3v) is 12.6. The maximum absolute atomic E-state index is 14.6. The number of cyclic esters (lactones) is 1. The number of rotatable bonds is 7. The Morgan fingerprint density at radius 2 is 1.70 bits per heavy atom. The first kappa shape index (κ1) is 39.1. The molecule has 14 nitrogen and oxygen atoms in total. The fraction of sp³-hybridized carbons (Fsp3) is 0.487. The van der Waals surface area contributed by atoms with Crippen molar-refractivity contribution in [3.63, 3.8) is 0 Å². The molecule has 2 aromatic carbocycles. The Balaban J connectivity index is 1.30. The molecule has 2 aliphatic carbocycles. The van der Waals surface area contributed by atoms with Crippen molar-refractivity contribution in [1.82, 2.24) is 35.2 Å². The Labute approximate surface area is 323 Å². The van der Waals surface area contributed by atoms with E-state index >= 15 is 0 Å². The number of alkyl carbamates (subject to hydrolysis) is 1. The van der Waals surface area contributed by atoms with Crippen LogP contribution in [0.4, 0.5) is 13.6 Å². The molecule has 2 saturated carbocycles. The van der Waals surface area contributed by atoms with E-state index in [0.29, 0.717) is 24.2 Å². The molecule has 0 radical (unpaired) electrons. The largest absolute Gasteiger partial charge is 0.449 e. The molecule has 4 amide bonds. The van der Waals surface area contributed by atoms with Crippen LogP contribution in [0, 0.1) is 17.3 Å². The Bertz CT molecular complexity index is 2170. The molecular formula is C39H45F2N7O7S. The molecule has 0 spiro atoms. The van der Waals surface area contributed by atoms with Crippen molar-refractivity contribution in [3.05, 3.63) is 66.2 Å². The Hall–Kier alpha value is -5.19. The predicted molar refractivity (Wildman–Crippen MR) is 201 cm³/mol. The lowest BCUT2D eigenvalue weighted by molar-refractivity contribution is -0.143.